The Morgan fingerprint density at radius 2 is 1.81 bits per heavy atom. The van der Waals surface area contributed by atoms with Gasteiger partial charge in [0.25, 0.3) is 5.91 Å². The topological polar surface area (TPSA) is 93.7 Å². The zero-order chi connectivity index (χ0) is 19.7. The van der Waals surface area contributed by atoms with Crippen LogP contribution in [0.1, 0.15) is 39.7 Å². The molecular formula is C18H25ClN2O5. The van der Waals surface area contributed by atoms with Crippen molar-refractivity contribution in [1.82, 2.24) is 10.6 Å². The van der Waals surface area contributed by atoms with E-state index in [1.165, 1.54) is 6.92 Å². The van der Waals surface area contributed by atoms with Gasteiger partial charge in [0.2, 0.25) is 0 Å². The van der Waals surface area contributed by atoms with Gasteiger partial charge in [0, 0.05) is 18.1 Å². The van der Waals surface area contributed by atoms with Crippen molar-refractivity contribution in [3.63, 3.8) is 0 Å². The van der Waals surface area contributed by atoms with Crippen molar-refractivity contribution in [3.05, 3.63) is 34.9 Å². The van der Waals surface area contributed by atoms with E-state index in [1.807, 2.05) is 6.07 Å². The minimum Gasteiger partial charge on any atom is -0.452 e. The molecule has 8 heteroatoms. The fourth-order valence-electron chi connectivity index (χ4n) is 1.86. The molecule has 0 radical (unpaired) electrons. The van der Waals surface area contributed by atoms with Crippen molar-refractivity contribution in [2.75, 3.05) is 6.54 Å². The third-order valence-corrected chi connectivity index (χ3v) is 3.45. The van der Waals surface area contributed by atoms with Crippen LogP contribution in [0, 0.1) is 0 Å². The molecule has 0 aliphatic rings. The monoisotopic (exact) mass is 384 g/mol. The quantitative estimate of drug-likeness (QED) is 0.705. The Morgan fingerprint density at radius 1 is 1.15 bits per heavy atom. The lowest BCUT2D eigenvalue weighted by Crippen LogP contribution is -2.37. The summed E-state index contributed by atoms with van der Waals surface area (Å²) in [5.74, 6) is -1.03. The summed E-state index contributed by atoms with van der Waals surface area (Å²) in [7, 11) is 0. The molecule has 0 heterocycles. The van der Waals surface area contributed by atoms with Crippen LogP contribution in [0.3, 0.4) is 0 Å². The van der Waals surface area contributed by atoms with E-state index in [0.717, 1.165) is 5.56 Å². The third-order valence-electron chi connectivity index (χ3n) is 3.09. The van der Waals surface area contributed by atoms with Gasteiger partial charge in [-0.15, -0.1) is 0 Å². The summed E-state index contributed by atoms with van der Waals surface area (Å²) in [5.41, 5.74) is 0.154. The molecule has 1 unspecified atom stereocenters. The average molecular weight is 385 g/mol. The Hall–Kier alpha value is -2.28. The van der Waals surface area contributed by atoms with Gasteiger partial charge in [-0.05, 0) is 39.3 Å². The molecule has 0 bridgehead atoms. The Balaban J connectivity index is 2.29. The second-order valence-corrected chi connectivity index (χ2v) is 7.03. The van der Waals surface area contributed by atoms with Crippen LogP contribution < -0.4 is 10.6 Å². The molecule has 0 saturated heterocycles. The van der Waals surface area contributed by atoms with Crippen molar-refractivity contribution in [1.29, 1.82) is 0 Å². The van der Waals surface area contributed by atoms with Crippen molar-refractivity contribution < 1.29 is 23.9 Å². The zero-order valence-corrected chi connectivity index (χ0v) is 16.2. The summed E-state index contributed by atoms with van der Waals surface area (Å²) in [6, 6.07) is 7.13. The predicted molar refractivity (Wildman–Crippen MR) is 97.7 cm³/mol. The Labute approximate surface area is 158 Å². The lowest BCUT2D eigenvalue weighted by molar-refractivity contribution is -0.154. The molecule has 2 amide bonds. The van der Waals surface area contributed by atoms with Gasteiger partial charge >= 0.3 is 12.1 Å². The van der Waals surface area contributed by atoms with Crippen molar-refractivity contribution in [2.45, 2.75) is 52.4 Å². The van der Waals surface area contributed by atoms with E-state index in [9.17, 15) is 14.4 Å². The van der Waals surface area contributed by atoms with E-state index in [2.05, 4.69) is 10.6 Å². The maximum absolute atomic E-state index is 12.0. The number of esters is 1. The molecule has 1 rings (SSSR count). The number of carbonyl (C=O) groups is 3. The van der Waals surface area contributed by atoms with Crippen LogP contribution in [0.5, 0.6) is 0 Å². The van der Waals surface area contributed by atoms with E-state index < -0.39 is 29.7 Å². The summed E-state index contributed by atoms with van der Waals surface area (Å²) >= 11 is 6.01. The lowest BCUT2D eigenvalue weighted by Gasteiger charge is -2.19. The molecule has 1 atom stereocenters. The number of nitrogens with one attached hydrogen (secondary N) is 2. The van der Waals surface area contributed by atoms with E-state index in [4.69, 9.17) is 21.1 Å². The summed E-state index contributed by atoms with van der Waals surface area (Å²) in [5, 5.41) is 5.65. The zero-order valence-electron chi connectivity index (χ0n) is 15.4. The summed E-state index contributed by atoms with van der Waals surface area (Å²) < 4.78 is 10.1. The number of benzene rings is 1. The van der Waals surface area contributed by atoms with Gasteiger partial charge < -0.3 is 20.1 Å². The largest absolute Gasteiger partial charge is 0.452 e. The summed E-state index contributed by atoms with van der Waals surface area (Å²) in [4.78, 5) is 35.2. The fraction of sp³-hybridized carbons (Fsp3) is 0.500. The normalized spacial score (nSPS) is 12.0. The van der Waals surface area contributed by atoms with Gasteiger partial charge in [-0.2, -0.15) is 0 Å². The molecule has 1 aromatic carbocycles. The smallest absolute Gasteiger partial charge is 0.407 e. The molecule has 0 aliphatic heterocycles. The average Bonchev–Trinajstić information content (AvgIpc) is 2.51. The molecule has 0 fully saturated rings. The first-order valence-electron chi connectivity index (χ1n) is 8.26. The van der Waals surface area contributed by atoms with Gasteiger partial charge in [-0.3, -0.25) is 9.59 Å². The molecule has 2 N–H and O–H groups in total. The van der Waals surface area contributed by atoms with E-state index in [-0.39, 0.29) is 19.5 Å². The summed E-state index contributed by atoms with van der Waals surface area (Å²) in [6.07, 6.45) is -1.64. The highest BCUT2D eigenvalue weighted by molar-refractivity contribution is 6.31. The van der Waals surface area contributed by atoms with Crippen LogP contribution in [0.2, 0.25) is 5.02 Å². The SMILES string of the molecule is CC(OC(=O)CCNC(=O)OC(C)(C)C)C(=O)NCc1ccccc1Cl. The third kappa shape index (κ3) is 8.71. The predicted octanol–water partition coefficient (Wildman–Crippen LogP) is 2.80. The number of hydrogen-bond acceptors (Lipinski definition) is 5. The number of carbonyl (C=O) groups excluding carboxylic acids is 3. The fourth-order valence-corrected chi connectivity index (χ4v) is 2.06. The number of rotatable bonds is 7. The van der Waals surface area contributed by atoms with Gasteiger partial charge in [-0.25, -0.2) is 4.79 Å². The van der Waals surface area contributed by atoms with Gasteiger partial charge in [-0.1, -0.05) is 29.8 Å². The second kappa shape index (κ2) is 10.0. The highest BCUT2D eigenvalue weighted by Gasteiger charge is 2.19. The molecule has 0 saturated carbocycles. The van der Waals surface area contributed by atoms with Crippen LogP contribution in [-0.2, 0) is 25.6 Å². The van der Waals surface area contributed by atoms with Crippen molar-refractivity contribution in [2.24, 2.45) is 0 Å². The van der Waals surface area contributed by atoms with Crippen molar-refractivity contribution >= 4 is 29.6 Å². The number of amides is 2. The Bertz CT molecular complexity index is 643. The lowest BCUT2D eigenvalue weighted by atomic mass is 10.2. The molecule has 0 aromatic heterocycles. The number of ether oxygens (including phenoxy) is 2. The molecule has 7 nitrogen and oxygen atoms in total. The maximum atomic E-state index is 12.0. The maximum Gasteiger partial charge on any atom is 0.407 e. The Morgan fingerprint density at radius 3 is 2.42 bits per heavy atom. The van der Waals surface area contributed by atoms with Crippen LogP contribution >= 0.6 is 11.6 Å². The van der Waals surface area contributed by atoms with E-state index in [1.54, 1.807) is 39.0 Å². The van der Waals surface area contributed by atoms with Crippen LogP contribution in [0.15, 0.2) is 24.3 Å². The first-order valence-corrected chi connectivity index (χ1v) is 8.63. The molecule has 0 aliphatic carbocycles. The standard InChI is InChI=1S/C18H25ClN2O5/c1-12(16(23)21-11-13-7-5-6-8-14(13)19)25-15(22)9-10-20-17(24)26-18(2,3)4/h5-8,12H,9-11H2,1-4H3,(H,20,24)(H,21,23). The van der Waals surface area contributed by atoms with Gasteiger partial charge in [0.15, 0.2) is 6.10 Å². The highest BCUT2D eigenvalue weighted by Crippen LogP contribution is 2.14. The van der Waals surface area contributed by atoms with E-state index >= 15 is 0 Å². The van der Waals surface area contributed by atoms with Crippen LogP contribution in [-0.4, -0.2) is 36.2 Å². The molecule has 1 aromatic rings. The highest BCUT2D eigenvalue weighted by atomic mass is 35.5. The molecule has 26 heavy (non-hydrogen) atoms. The number of hydrogen-bond donors (Lipinski definition) is 2. The number of halogens is 1. The Kier molecular flexibility index (Phi) is 8.38. The first kappa shape index (κ1) is 21.8. The molecule has 144 valence electrons. The summed E-state index contributed by atoms with van der Waals surface area (Å²) in [6.45, 7) is 6.99. The van der Waals surface area contributed by atoms with Crippen LogP contribution in [0.25, 0.3) is 0 Å². The number of alkyl carbamates (subject to hydrolysis) is 1. The molecule has 0 spiro atoms. The van der Waals surface area contributed by atoms with Gasteiger partial charge in [0.05, 0.1) is 6.42 Å². The van der Waals surface area contributed by atoms with Crippen LogP contribution in [0.4, 0.5) is 4.79 Å². The minimum absolute atomic E-state index is 0.0573. The second-order valence-electron chi connectivity index (χ2n) is 6.62. The van der Waals surface area contributed by atoms with Gasteiger partial charge in [0.1, 0.15) is 5.60 Å². The minimum atomic E-state index is -0.952. The first-order chi connectivity index (χ1) is 12.1. The molecular weight excluding hydrogens is 360 g/mol. The van der Waals surface area contributed by atoms with Crippen molar-refractivity contribution in [3.8, 4) is 0 Å². The van der Waals surface area contributed by atoms with E-state index in [0.29, 0.717) is 5.02 Å².